The molecule has 0 radical (unpaired) electrons. The lowest BCUT2D eigenvalue weighted by atomic mass is 10.1. The summed E-state index contributed by atoms with van der Waals surface area (Å²) in [5.74, 6) is -0.342. The molecule has 0 atom stereocenters. The van der Waals surface area contributed by atoms with Crippen LogP contribution in [0.2, 0.25) is 0 Å². The number of aromatic amines is 1. The number of amides is 2. The molecule has 84 valence electrons. The molecule has 7 nitrogen and oxygen atoms in total. The number of imide groups is 1. The number of carbonyl (C=O) groups is 2. The van der Waals surface area contributed by atoms with E-state index in [0.717, 1.165) is 4.90 Å². The highest BCUT2D eigenvalue weighted by molar-refractivity contribution is 6.21. The third kappa shape index (κ3) is 1.40. The van der Waals surface area contributed by atoms with E-state index in [1.807, 2.05) is 0 Å². The molecule has 1 N–H and O–H groups in total. The van der Waals surface area contributed by atoms with E-state index in [-0.39, 0.29) is 18.4 Å². The van der Waals surface area contributed by atoms with E-state index >= 15 is 0 Å². The van der Waals surface area contributed by atoms with Crippen molar-refractivity contribution in [3.05, 3.63) is 41.2 Å². The van der Waals surface area contributed by atoms with Crippen LogP contribution in [0.15, 0.2) is 24.3 Å². The van der Waals surface area contributed by atoms with E-state index in [4.69, 9.17) is 0 Å². The average molecular weight is 229 g/mol. The molecule has 2 amide bonds. The van der Waals surface area contributed by atoms with Crippen LogP contribution in [0.3, 0.4) is 0 Å². The summed E-state index contributed by atoms with van der Waals surface area (Å²) in [4.78, 5) is 25.0. The highest BCUT2D eigenvalue weighted by atomic mass is 16.2. The summed E-state index contributed by atoms with van der Waals surface area (Å²) in [6.07, 6.45) is 0. The number of tetrazole rings is 1. The van der Waals surface area contributed by atoms with Gasteiger partial charge in [0.25, 0.3) is 11.8 Å². The van der Waals surface area contributed by atoms with Crippen molar-refractivity contribution < 1.29 is 9.59 Å². The van der Waals surface area contributed by atoms with Crippen molar-refractivity contribution >= 4 is 11.8 Å². The first-order valence-corrected chi connectivity index (χ1v) is 4.95. The van der Waals surface area contributed by atoms with Gasteiger partial charge in [0.05, 0.1) is 17.7 Å². The van der Waals surface area contributed by atoms with E-state index < -0.39 is 0 Å². The van der Waals surface area contributed by atoms with Gasteiger partial charge in [0.15, 0.2) is 5.82 Å². The van der Waals surface area contributed by atoms with E-state index in [2.05, 4.69) is 20.6 Å². The predicted molar refractivity (Wildman–Crippen MR) is 54.8 cm³/mol. The second-order valence-electron chi connectivity index (χ2n) is 3.57. The lowest BCUT2D eigenvalue weighted by Crippen LogP contribution is -2.29. The third-order valence-electron chi connectivity index (χ3n) is 2.57. The zero-order valence-corrected chi connectivity index (χ0v) is 8.62. The summed E-state index contributed by atoms with van der Waals surface area (Å²) < 4.78 is 0. The molecule has 2 aromatic rings. The highest BCUT2D eigenvalue weighted by Gasteiger charge is 2.35. The molecule has 0 bridgehead atoms. The van der Waals surface area contributed by atoms with Gasteiger partial charge in [-0.1, -0.05) is 17.3 Å². The molecule has 0 unspecified atom stereocenters. The molecule has 1 aromatic carbocycles. The van der Waals surface area contributed by atoms with Gasteiger partial charge in [0.1, 0.15) is 0 Å². The number of H-pyrrole nitrogens is 1. The number of aromatic nitrogens is 4. The van der Waals surface area contributed by atoms with Crippen LogP contribution < -0.4 is 0 Å². The molecule has 1 aromatic heterocycles. The molecule has 3 rings (SSSR count). The second kappa shape index (κ2) is 3.48. The van der Waals surface area contributed by atoms with Crippen LogP contribution in [0.1, 0.15) is 26.5 Å². The molecule has 0 saturated heterocycles. The zero-order chi connectivity index (χ0) is 11.8. The molecule has 0 saturated carbocycles. The summed E-state index contributed by atoms with van der Waals surface area (Å²) in [5.41, 5.74) is 0.835. The van der Waals surface area contributed by atoms with Crippen LogP contribution in [0.5, 0.6) is 0 Å². The van der Waals surface area contributed by atoms with Crippen LogP contribution in [-0.2, 0) is 6.54 Å². The fraction of sp³-hybridized carbons (Fsp3) is 0.100. The van der Waals surface area contributed by atoms with E-state index in [0.29, 0.717) is 17.0 Å². The molecule has 1 aliphatic rings. The fourth-order valence-electron chi connectivity index (χ4n) is 1.77. The quantitative estimate of drug-likeness (QED) is 0.731. The Morgan fingerprint density at radius 2 is 1.76 bits per heavy atom. The summed E-state index contributed by atoms with van der Waals surface area (Å²) in [5, 5.41) is 13.1. The maximum Gasteiger partial charge on any atom is 0.261 e. The lowest BCUT2D eigenvalue weighted by molar-refractivity contribution is 0.0638. The van der Waals surface area contributed by atoms with Crippen molar-refractivity contribution in [3.8, 4) is 0 Å². The SMILES string of the molecule is O=C1c2ccccc2C(=O)N1Cc1nn[nH]n1. The molecule has 0 fully saturated rings. The van der Waals surface area contributed by atoms with Gasteiger partial charge in [0.2, 0.25) is 0 Å². The topological polar surface area (TPSA) is 91.8 Å². The maximum atomic E-state index is 12.0. The Morgan fingerprint density at radius 1 is 1.12 bits per heavy atom. The maximum absolute atomic E-state index is 12.0. The van der Waals surface area contributed by atoms with E-state index in [1.165, 1.54) is 0 Å². The molecule has 17 heavy (non-hydrogen) atoms. The van der Waals surface area contributed by atoms with Crippen molar-refractivity contribution in [2.45, 2.75) is 6.54 Å². The van der Waals surface area contributed by atoms with Crippen LogP contribution in [0.25, 0.3) is 0 Å². The number of hydrogen-bond donors (Lipinski definition) is 1. The standard InChI is InChI=1S/C10H7N5O2/c16-9-6-3-1-2-4-7(6)10(17)15(9)5-8-11-13-14-12-8/h1-4H,5H2,(H,11,12,13,14). The largest absolute Gasteiger partial charge is 0.269 e. The lowest BCUT2D eigenvalue weighted by Gasteiger charge is -2.10. The van der Waals surface area contributed by atoms with E-state index in [9.17, 15) is 9.59 Å². The number of benzene rings is 1. The highest BCUT2D eigenvalue weighted by Crippen LogP contribution is 2.23. The Morgan fingerprint density at radius 3 is 2.29 bits per heavy atom. The van der Waals surface area contributed by atoms with Crippen molar-refractivity contribution in [2.24, 2.45) is 0 Å². The van der Waals surface area contributed by atoms with Crippen LogP contribution in [0.4, 0.5) is 0 Å². The summed E-state index contributed by atoms with van der Waals surface area (Å²) in [6, 6.07) is 6.71. The van der Waals surface area contributed by atoms with Crippen LogP contribution >= 0.6 is 0 Å². The Bertz CT molecular complexity index is 558. The number of nitrogens with one attached hydrogen (secondary N) is 1. The molecule has 1 aliphatic heterocycles. The van der Waals surface area contributed by atoms with Crippen molar-refractivity contribution in [2.75, 3.05) is 0 Å². The number of nitrogens with zero attached hydrogens (tertiary/aromatic N) is 4. The second-order valence-corrected chi connectivity index (χ2v) is 3.57. The summed E-state index contributed by atoms with van der Waals surface area (Å²) in [7, 11) is 0. The Kier molecular flexibility index (Phi) is 1.97. The fourth-order valence-corrected chi connectivity index (χ4v) is 1.77. The monoisotopic (exact) mass is 229 g/mol. The smallest absolute Gasteiger partial charge is 0.261 e. The first-order valence-electron chi connectivity index (χ1n) is 4.95. The third-order valence-corrected chi connectivity index (χ3v) is 2.57. The molecule has 7 heteroatoms. The van der Waals surface area contributed by atoms with Gasteiger partial charge < -0.3 is 0 Å². The Balaban J connectivity index is 1.95. The normalized spacial score (nSPS) is 14.2. The first kappa shape index (κ1) is 9.64. The van der Waals surface area contributed by atoms with Gasteiger partial charge in [-0.05, 0) is 12.1 Å². The predicted octanol–water partition coefficient (Wildman–Crippen LogP) is -0.00410. The molecular formula is C10H7N5O2. The van der Waals surface area contributed by atoms with Gasteiger partial charge in [-0.15, -0.1) is 10.2 Å². The molecular weight excluding hydrogens is 222 g/mol. The van der Waals surface area contributed by atoms with Gasteiger partial charge in [0, 0.05) is 0 Å². The Hall–Kier alpha value is -2.57. The van der Waals surface area contributed by atoms with Crippen molar-refractivity contribution in [3.63, 3.8) is 0 Å². The van der Waals surface area contributed by atoms with Gasteiger partial charge in [-0.25, -0.2) is 0 Å². The van der Waals surface area contributed by atoms with E-state index in [1.54, 1.807) is 24.3 Å². The number of rotatable bonds is 2. The summed E-state index contributed by atoms with van der Waals surface area (Å²) >= 11 is 0. The molecule has 2 heterocycles. The van der Waals surface area contributed by atoms with Gasteiger partial charge >= 0.3 is 0 Å². The minimum atomic E-state index is -0.324. The Labute approximate surface area is 95.4 Å². The summed E-state index contributed by atoms with van der Waals surface area (Å²) in [6.45, 7) is 0.0306. The van der Waals surface area contributed by atoms with Crippen LogP contribution in [0, 0.1) is 0 Å². The minimum Gasteiger partial charge on any atom is -0.269 e. The molecule has 0 aliphatic carbocycles. The van der Waals surface area contributed by atoms with Gasteiger partial charge in [-0.3, -0.25) is 14.5 Å². The number of fused-ring (bicyclic) bond motifs is 1. The van der Waals surface area contributed by atoms with Crippen molar-refractivity contribution in [1.29, 1.82) is 0 Å². The first-order chi connectivity index (χ1) is 8.27. The number of hydrogen-bond acceptors (Lipinski definition) is 5. The minimum absolute atomic E-state index is 0.0306. The van der Waals surface area contributed by atoms with Crippen molar-refractivity contribution in [1.82, 2.24) is 25.5 Å². The van der Waals surface area contributed by atoms with Gasteiger partial charge in [-0.2, -0.15) is 5.21 Å². The number of carbonyl (C=O) groups excluding carboxylic acids is 2. The molecule has 0 spiro atoms. The van der Waals surface area contributed by atoms with Crippen LogP contribution in [-0.4, -0.2) is 37.3 Å². The average Bonchev–Trinajstić information content (AvgIpc) is 2.94. The zero-order valence-electron chi connectivity index (χ0n) is 8.62.